The number of β-amino-alcohol motifs (C(OH)–C–C–N with tert-alkyl or cyclic N) is 1. The van der Waals surface area contributed by atoms with Gasteiger partial charge in [-0.1, -0.05) is 13.3 Å². The molecular formula is C12H26N2O. The summed E-state index contributed by atoms with van der Waals surface area (Å²) in [5.74, 6) is 0. The molecule has 0 spiro atoms. The number of likely N-dealkylation sites (tertiary alicyclic amines) is 1. The van der Waals surface area contributed by atoms with Crippen LogP contribution in [0.2, 0.25) is 0 Å². The average Bonchev–Trinajstić information content (AvgIpc) is 2.20. The number of nitrogens with one attached hydrogen (secondary N) is 1. The number of nitrogens with zero attached hydrogens (tertiary/aromatic N) is 1. The van der Waals surface area contributed by atoms with E-state index in [2.05, 4.69) is 17.1 Å². The van der Waals surface area contributed by atoms with Crippen molar-refractivity contribution in [3.05, 3.63) is 0 Å². The van der Waals surface area contributed by atoms with E-state index in [0.717, 1.165) is 26.2 Å². The van der Waals surface area contributed by atoms with Gasteiger partial charge in [0.05, 0.1) is 6.10 Å². The SMILES string of the molecule is CCCNCC1CCCCN1CC(C)O. The van der Waals surface area contributed by atoms with Crippen LogP contribution in [-0.4, -0.2) is 48.3 Å². The van der Waals surface area contributed by atoms with Gasteiger partial charge in [-0.25, -0.2) is 0 Å². The molecule has 1 heterocycles. The summed E-state index contributed by atoms with van der Waals surface area (Å²) in [5.41, 5.74) is 0. The molecule has 0 amide bonds. The van der Waals surface area contributed by atoms with Gasteiger partial charge < -0.3 is 10.4 Å². The van der Waals surface area contributed by atoms with E-state index in [1.54, 1.807) is 0 Å². The molecule has 0 aromatic carbocycles. The topological polar surface area (TPSA) is 35.5 Å². The van der Waals surface area contributed by atoms with Crippen LogP contribution in [0.4, 0.5) is 0 Å². The van der Waals surface area contributed by atoms with Crippen molar-refractivity contribution in [3.63, 3.8) is 0 Å². The van der Waals surface area contributed by atoms with Crippen LogP contribution in [0.3, 0.4) is 0 Å². The molecule has 3 heteroatoms. The van der Waals surface area contributed by atoms with Gasteiger partial charge in [-0.2, -0.15) is 0 Å². The van der Waals surface area contributed by atoms with Crippen LogP contribution in [0.25, 0.3) is 0 Å². The lowest BCUT2D eigenvalue weighted by Crippen LogP contribution is -2.48. The zero-order valence-electron chi connectivity index (χ0n) is 10.2. The lowest BCUT2D eigenvalue weighted by Gasteiger charge is -2.36. The minimum atomic E-state index is -0.197. The average molecular weight is 214 g/mol. The molecule has 2 N–H and O–H groups in total. The summed E-state index contributed by atoms with van der Waals surface area (Å²) in [6.07, 6.45) is 4.91. The smallest absolute Gasteiger partial charge is 0.0639 e. The van der Waals surface area contributed by atoms with Crippen molar-refractivity contribution in [1.82, 2.24) is 10.2 Å². The van der Waals surface area contributed by atoms with E-state index in [0.29, 0.717) is 6.04 Å². The molecular weight excluding hydrogens is 188 g/mol. The number of piperidine rings is 1. The molecule has 1 rings (SSSR count). The molecule has 3 nitrogen and oxygen atoms in total. The highest BCUT2D eigenvalue weighted by Crippen LogP contribution is 2.16. The maximum Gasteiger partial charge on any atom is 0.0639 e. The van der Waals surface area contributed by atoms with Crippen LogP contribution in [-0.2, 0) is 0 Å². The predicted octanol–water partition coefficient (Wildman–Crippen LogP) is 1.22. The lowest BCUT2D eigenvalue weighted by molar-refractivity contribution is 0.0762. The summed E-state index contributed by atoms with van der Waals surface area (Å²) < 4.78 is 0. The van der Waals surface area contributed by atoms with Crippen molar-refractivity contribution in [2.24, 2.45) is 0 Å². The summed E-state index contributed by atoms with van der Waals surface area (Å²) in [5, 5.41) is 12.9. The zero-order chi connectivity index (χ0) is 11.1. The van der Waals surface area contributed by atoms with Gasteiger partial charge in [0.15, 0.2) is 0 Å². The molecule has 0 aromatic heterocycles. The Morgan fingerprint density at radius 3 is 2.93 bits per heavy atom. The molecule has 15 heavy (non-hydrogen) atoms. The first-order valence-corrected chi connectivity index (χ1v) is 6.37. The second-order valence-corrected chi connectivity index (χ2v) is 4.70. The third-order valence-electron chi connectivity index (χ3n) is 3.05. The maximum absolute atomic E-state index is 9.43. The molecule has 0 bridgehead atoms. The first kappa shape index (κ1) is 12.9. The Bertz CT molecular complexity index is 162. The molecule has 1 aliphatic heterocycles. The number of hydrogen-bond acceptors (Lipinski definition) is 3. The first-order valence-electron chi connectivity index (χ1n) is 6.37. The standard InChI is InChI=1S/C12H26N2O/c1-3-7-13-9-12-6-4-5-8-14(12)10-11(2)15/h11-13,15H,3-10H2,1-2H3. The van der Waals surface area contributed by atoms with Crippen molar-refractivity contribution < 1.29 is 5.11 Å². The van der Waals surface area contributed by atoms with Crippen molar-refractivity contribution in [2.45, 2.75) is 51.7 Å². The molecule has 1 aliphatic rings. The Morgan fingerprint density at radius 2 is 2.27 bits per heavy atom. The summed E-state index contributed by atoms with van der Waals surface area (Å²) in [7, 11) is 0. The van der Waals surface area contributed by atoms with E-state index < -0.39 is 0 Å². The van der Waals surface area contributed by atoms with E-state index in [9.17, 15) is 5.11 Å². The molecule has 1 fully saturated rings. The van der Waals surface area contributed by atoms with Crippen LogP contribution in [0.15, 0.2) is 0 Å². The molecule has 2 unspecified atom stereocenters. The summed E-state index contributed by atoms with van der Waals surface area (Å²) in [4.78, 5) is 2.44. The van der Waals surface area contributed by atoms with Crippen LogP contribution < -0.4 is 5.32 Å². The molecule has 90 valence electrons. The fourth-order valence-corrected chi connectivity index (χ4v) is 2.32. The minimum Gasteiger partial charge on any atom is -0.392 e. The fourth-order valence-electron chi connectivity index (χ4n) is 2.32. The second-order valence-electron chi connectivity index (χ2n) is 4.70. The predicted molar refractivity (Wildman–Crippen MR) is 64.1 cm³/mol. The van der Waals surface area contributed by atoms with Gasteiger partial charge in [0.25, 0.3) is 0 Å². The Kier molecular flexibility index (Phi) is 6.22. The fraction of sp³-hybridized carbons (Fsp3) is 1.00. The first-order chi connectivity index (χ1) is 7.24. The van der Waals surface area contributed by atoms with Crippen LogP contribution in [0.5, 0.6) is 0 Å². The van der Waals surface area contributed by atoms with E-state index in [1.165, 1.54) is 25.7 Å². The molecule has 0 saturated carbocycles. The summed E-state index contributed by atoms with van der Waals surface area (Å²) in [6, 6.07) is 0.639. The Hall–Kier alpha value is -0.120. The van der Waals surface area contributed by atoms with Gasteiger partial charge in [0.2, 0.25) is 0 Å². The minimum absolute atomic E-state index is 0.197. The molecule has 1 saturated heterocycles. The summed E-state index contributed by atoms with van der Waals surface area (Å²) in [6.45, 7) is 8.26. The highest BCUT2D eigenvalue weighted by molar-refractivity contribution is 4.79. The van der Waals surface area contributed by atoms with Gasteiger partial charge >= 0.3 is 0 Å². The van der Waals surface area contributed by atoms with Gasteiger partial charge in [-0.3, -0.25) is 4.90 Å². The highest BCUT2D eigenvalue weighted by Gasteiger charge is 2.22. The van der Waals surface area contributed by atoms with Crippen LogP contribution in [0.1, 0.15) is 39.5 Å². The van der Waals surface area contributed by atoms with Crippen molar-refractivity contribution >= 4 is 0 Å². The highest BCUT2D eigenvalue weighted by atomic mass is 16.3. The quantitative estimate of drug-likeness (QED) is 0.653. The van der Waals surface area contributed by atoms with Crippen LogP contribution in [0, 0.1) is 0 Å². The van der Waals surface area contributed by atoms with Crippen molar-refractivity contribution in [1.29, 1.82) is 0 Å². The largest absolute Gasteiger partial charge is 0.392 e. The molecule has 0 aromatic rings. The van der Waals surface area contributed by atoms with Gasteiger partial charge in [0, 0.05) is 19.1 Å². The molecule has 0 aliphatic carbocycles. The normalized spacial score (nSPS) is 25.4. The number of aliphatic hydroxyl groups excluding tert-OH is 1. The monoisotopic (exact) mass is 214 g/mol. The van der Waals surface area contributed by atoms with Crippen LogP contribution >= 0.6 is 0 Å². The lowest BCUT2D eigenvalue weighted by atomic mass is 10.0. The van der Waals surface area contributed by atoms with E-state index in [-0.39, 0.29) is 6.10 Å². The second kappa shape index (κ2) is 7.20. The van der Waals surface area contributed by atoms with E-state index in [1.807, 2.05) is 6.92 Å². The van der Waals surface area contributed by atoms with Gasteiger partial charge in [-0.15, -0.1) is 0 Å². The maximum atomic E-state index is 9.43. The number of aliphatic hydroxyl groups is 1. The molecule has 2 atom stereocenters. The Labute approximate surface area is 93.9 Å². The third-order valence-corrected chi connectivity index (χ3v) is 3.05. The molecule has 0 radical (unpaired) electrons. The van der Waals surface area contributed by atoms with Crippen molar-refractivity contribution in [3.8, 4) is 0 Å². The summed E-state index contributed by atoms with van der Waals surface area (Å²) >= 11 is 0. The van der Waals surface area contributed by atoms with Gasteiger partial charge in [-0.05, 0) is 39.3 Å². The van der Waals surface area contributed by atoms with E-state index in [4.69, 9.17) is 0 Å². The Balaban J connectivity index is 2.29. The Morgan fingerprint density at radius 1 is 1.47 bits per heavy atom. The van der Waals surface area contributed by atoms with Gasteiger partial charge in [0.1, 0.15) is 0 Å². The van der Waals surface area contributed by atoms with E-state index >= 15 is 0 Å². The third kappa shape index (κ3) is 4.96. The number of hydrogen-bond donors (Lipinski definition) is 2. The van der Waals surface area contributed by atoms with Crippen molar-refractivity contribution in [2.75, 3.05) is 26.2 Å². The number of rotatable bonds is 6. The zero-order valence-corrected chi connectivity index (χ0v) is 10.2.